The van der Waals surface area contributed by atoms with Crippen LogP contribution in [-0.4, -0.2) is 40.7 Å². The first kappa shape index (κ1) is 27.2. The zero-order valence-corrected chi connectivity index (χ0v) is 23.1. The van der Waals surface area contributed by atoms with Crippen LogP contribution in [0.5, 0.6) is 23.1 Å². The summed E-state index contributed by atoms with van der Waals surface area (Å²) in [5, 5.41) is 0. The van der Waals surface area contributed by atoms with Crippen molar-refractivity contribution in [1.82, 2.24) is 14.9 Å². The molecule has 7 heteroatoms. The summed E-state index contributed by atoms with van der Waals surface area (Å²) in [6.45, 7) is 6.00. The van der Waals surface area contributed by atoms with E-state index in [9.17, 15) is 4.79 Å². The summed E-state index contributed by atoms with van der Waals surface area (Å²) in [7, 11) is 0. The molecular weight excluding hydrogens is 502 g/mol. The minimum absolute atomic E-state index is 0.297. The fraction of sp³-hybridized carbons (Fsp3) is 0.303. The first-order valence-electron chi connectivity index (χ1n) is 13.8. The quantitative estimate of drug-likeness (QED) is 0.230. The van der Waals surface area contributed by atoms with Crippen LogP contribution in [0.25, 0.3) is 0 Å². The van der Waals surface area contributed by atoms with Crippen LogP contribution in [0.15, 0.2) is 85.2 Å². The average molecular weight is 538 g/mol. The van der Waals surface area contributed by atoms with E-state index in [-0.39, 0.29) is 6.09 Å². The number of carbonyl (C=O) groups is 1. The van der Waals surface area contributed by atoms with Crippen molar-refractivity contribution in [2.75, 3.05) is 19.7 Å². The third-order valence-electron chi connectivity index (χ3n) is 7.06. The number of benzene rings is 2. The molecule has 2 aromatic carbocycles. The predicted octanol–water partition coefficient (Wildman–Crippen LogP) is 6.96. The van der Waals surface area contributed by atoms with E-state index in [4.69, 9.17) is 14.2 Å². The lowest BCUT2D eigenvalue weighted by Crippen LogP contribution is -2.41. The Labute approximate surface area is 235 Å². The SMILES string of the molecule is Cc1ccc(Oc2ccc(OCC3CCN(C(=O)Oc4ccc(CCc5cc(C)ccn5)cc4)CC3)cc2)nc1. The van der Waals surface area contributed by atoms with E-state index in [0.29, 0.717) is 43.0 Å². The number of hydrogen-bond donors (Lipinski definition) is 0. The lowest BCUT2D eigenvalue weighted by Gasteiger charge is -2.31. The third-order valence-corrected chi connectivity index (χ3v) is 7.06. The summed E-state index contributed by atoms with van der Waals surface area (Å²) in [4.78, 5) is 23.2. The molecule has 5 rings (SSSR count). The van der Waals surface area contributed by atoms with Gasteiger partial charge in [0.15, 0.2) is 0 Å². The normalized spacial score (nSPS) is 13.6. The summed E-state index contributed by atoms with van der Waals surface area (Å²) in [6.07, 6.45) is 6.86. The maximum absolute atomic E-state index is 12.7. The Balaban J connectivity index is 1.01. The summed E-state index contributed by atoms with van der Waals surface area (Å²) in [6, 6.07) is 23.3. The number of likely N-dealkylation sites (tertiary alicyclic amines) is 1. The van der Waals surface area contributed by atoms with E-state index in [1.807, 2.05) is 79.9 Å². The van der Waals surface area contributed by atoms with Gasteiger partial charge in [0.25, 0.3) is 0 Å². The zero-order valence-electron chi connectivity index (χ0n) is 23.1. The van der Waals surface area contributed by atoms with Crippen molar-refractivity contribution in [1.29, 1.82) is 0 Å². The van der Waals surface area contributed by atoms with E-state index in [1.165, 1.54) is 11.1 Å². The van der Waals surface area contributed by atoms with Gasteiger partial charge >= 0.3 is 6.09 Å². The number of hydrogen-bond acceptors (Lipinski definition) is 6. The molecule has 1 aliphatic heterocycles. The highest BCUT2D eigenvalue weighted by atomic mass is 16.6. The number of aromatic nitrogens is 2. The van der Waals surface area contributed by atoms with Gasteiger partial charge in [-0.25, -0.2) is 9.78 Å². The van der Waals surface area contributed by atoms with Crippen molar-refractivity contribution in [3.05, 3.63) is 108 Å². The topological polar surface area (TPSA) is 73.8 Å². The second kappa shape index (κ2) is 13.1. The highest BCUT2D eigenvalue weighted by Crippen LogP contribution is 2.25. The highest BCUT2D eigenvalue weighted by Gasteiger charge is 2.24. The standard InChI is InChI=1S/C33H35N3O4/c1-24-15-18-34-28(21-24)7-4-26-5-8-31(9-6-26)40-33(37)36-19-16-27(17-20-36)23-38-29-10-12-30(13-11-29)39-32-14-3-25(2)22-35-32/h3,5-6,8-15,18,21-22,27H,4,7,16-17,19-20,23H2,1-2H3. The van der Waals surface area contributed by atoms with Gasteiger partial charge in [-0.2, -0.15) is 0 Å². The summed E-state index contributed by atoms with van der Waals surface area (Å²) >= 11 is 0. The Bertz CT molecular complexity index is 1380. The van der Waals surface area contributed by atoms with Gasteiger partial charge in [0.05, 0.1) is 6.61 Å². The minimum Gasteiger partial charge on any atom is -0.493 e. The van der Waals surface area contributed by atoms with E-state index in [2.05, 4.69) is 23.0 Å². The lowest BCUT2D eigenvalue weighted by molar-refractivity contribution is 0.117. The van der Waals surface area contributed by atoms with Gasteiger partial charge in [-0.3, -0.25) is 4.98 Å². The summed E-state index contributed by atoms with van der Waals surface area (Å²) < 4.78 is 17.4. The zero-order chi connectivity index (χ0) is 27.7. The van der Waals surface area contributed by atoms with Crippen molar-refractivity contribution in [2.45, 2.75) is 39.5 Å². The Morgan fingerprint density at radius 2 is 1.55 bits per heavy atom. The molecule has 1 saturated heterocycles. The van der Waals surface area contributed by atoms with Crippen LogP contribution in [0.4, 0.5) is 4.79 Å². The number of amides is 1. The van der Waals surface area contributed by atoms with Crippen molar-refractivity contribution in [3.63, 3.8) is 0 Å². The Hall–Kier alpha value is -4.39. The number of ether oxygens (including phenoxy) is 3. The van der Waals surface area contributed by atoms with E-state index in [0.717, 1.165) is 42.7 Å². The third kappa shape index (κ3) is 7.82. The summed E-state index contributed by atoms with van der Waals surface area (Å²) in [5.74, 6) is 3.03. The van der Waals surface area contributed by atoms with Gasteiger partial charge in [0, 0.05) is 37.2 Å². The molecule has 1 fully saturated rings. The van der Waals surface area contributed by atoms with Crippen LogP contribution in [0.3, 0.4) is 0 Å². The fourth-order valence-electron chi connectivity index (χ4n) is 4.63. The number of pyridine rings is 2. The van der Waals surface area contributed by atoms with Crippen LogP contribution in [0.1, 0.15) is 35.2 Å². The van der Waals surface area contributed by atoms with Crippen LogP contribution in [0.2, 0.25) is 0 Å². The first-order chi connectivity index (χ1) is 19.5. The molecule has 7 nitrogen and oxygen atoms in total. The van der Waals surface area contributed by atoms with Gasteiger partial charge in [-0.1, -0.05) is 18.2 Å². The molecule has 3 heterocycles. The highest BCUT2D eigenvalue weighted by molar-refractivity contribution is 5.70. The number of carbonyl (C=O) groups excluding carboxylic acids is 1. The molecule has 0 bridgehead atoms. The Kier molecular flexibility index (Phi) is 8.91. The van der Waals surface area contributed by atoms with Gasteiger partial charge in [-0.15, -0.1) is 0 Å². The molecule has 206 valence electrons. The molecule has 40 heavy (non-hydrogen) atoms. The summed E-state index contributed by atoms with van der Waals surface area (Å²) in [5.41, 5.74) is 4.59. The van der Waals surface area contributed by atoms with E-state index in [1.54, 1.807) is 11.1 Å². The molecule has 0 radical (unpaired) electrons. The van der Waals surface area contributed by atoms with Gasteiger partial charge in [0.2, 0.25) is 5.88 Å². The molecule has 0 atom stereocenters. The van der Waals surface area contributed by atoms with Crippen molar-refractivity contribution in [2.24, 2.45) is 5.92 Å². The molecule has 0 N–H and O–H groups in total. The molecular formula is C33H35N3O4. The fourth-order valence-corrected chi connectivity index (χ4v) is 4.63. The molecule has 0 aliphatic carbocycles. The van der Waals surface area contributed by atoms with Crippen molar-refractivity contribution < 1.29 is 19.0 Å². The molecule has 0 saturated carbocycles. The number of nitrogens with zero attached hydrogens (tertiary/aromatic N) is 3. The molecule has 4 aromatic rings. The van der Waals surface area contributed by atoms with Gasteiger partial charge in [-0.05, 0) is 111 Å². The molecule has 0 unspecified atom stereocenters. The van der Waals surface area contributed by atoms with Crippen LogP contribution in [-0.2, 0) is 12.8 Å². The van der Waals surface area contributed by atoms with Crippen LogP contribution < -0.4 is 14.2 Å². The monoisotopic (exact) mass is 537 g/mol. The first-order valence-corrected chi connectivity index (χ1v) is 13.8. The van der Waals surface area contributed by atoms with Crippen molar-refractivity contribution in [3.8, 4) is 23.1 Å². The molecule has 1 aliphatic rings. The van der Waals surface area contributed by atoms with E-state index < -0.39 is 0 Å². The van der Waals surface area contributed by atoms with E-state index >= 15 is 0 Å². The molecule has 0 spiro atoms. The largest absolute Gasteiger partial charge is 0.493 e. The number of rotatable bonds is 9. The second-order valence-corrected chi connectivity index (χ2v) is 10.3. The van der Waals surface area contributed by atoms with Crippen LogP contribution in [0, 0.1) is 19.8 Å². The Morgan fingerprint density at radius 1 is 0.825 bits per heavy atom. The van der Waals surface area contributed by atoms with Gasteiger partial charge in [0.1, 0.15) is 17.2 Å². The Morgan fingerprint density at radius 3 is 2.25 bits per heavy atom. The maximum atomic E-state index is 12.7. The minimum atomic E-state index is -0.297. The molecule has 1 amide bonds. The predicted molar refractivity (Wildman–Crippen MR) is 154 cm³/mol. The number of aryl methyl sites for hydroxylation is 4. The van der Waals surface area contributed by atoms with Crippen molar-refractivity contribution >= 4 is 6.09 Å². The molecule has 2 aromatic heterocycles. The smallest absolute Gasteiger partial charge is 0.415 e. The van der Waals surface area contributed by atoms with Gasteiger partial charge < -0.3 is 19.1 Å². The second-order valence-electron chi connectivity index (χ2n) is 10.3. The number of piperidine rings is 1. The maximum Gasteiger partial charge on any atom is 0.415 e. The lowest BCUT2D eigenvalue weighted by atomic mass is 9.98. The van der Waals surface area contributed by atoms with Crippen LogP contribution >= 0.6 is 0 Å². The average Bonchev–Trinajstić information content (AvgIpc) is 2.98.